The molecule has 1 aliphatic heterocycles. The fraction of sp³-hybridized carbons (Fsp3) is 0.222. The van der Waals surface area contributed by atoms with E-state index in [-0.39, 0.29) is 18.0 Å². The van der Waals surface area contributed by atoms with Crippen LogP contribution in [0.15, 0.2) is 65.8 Å². The zero-order valence-corrected chi connectivity index (χ0v) is 12.7. The van der Waals surface area contributed by atoms with Gasteiger partial charge in [-0.05, 0) is 38.1 Å². The van der Waals surface area contributed by atoms with Crippen LogP contribution in [0.3, 0.4) is 0 Å². The van der Waals surface area contributed by atoms with Crippen molar-refractivity contribution in [1.29, 1.82) is 0 Å². The number of nitrogens with one attached hydrogen (secondary N) is 1. The molecule has 4 heteroatoms. The Morgan fingerprint density at radius 2 is 1.64 bits per heavy atom. The summed E-state index contributed by atoms with van der Waals surface area (Å²) >= 11 is 0. The summed E-state index contributed by atoms with van der Waals surface area (Å²) < 4.78 is 0. The normalized spacial score (nSPS) is 20.6. The van der Waals surface area contributed by atoms with Crippen LogP contribution in [0, 0.1) is 0 Å². The van der Waals surface area contributed by atoms with Gasteiger partial charge in [-0.1, -0.05) is 36.4 Å². The summed E-state index contributed by atoms with van der Waals surface area (Å²) in [5.41, 5.74) is 2.62. The number of carbonyl (C=O) groups excluding carboxylic acids is 1. The van der Waals surface area contributed by atoms with E-state index in [1.807, 2.05) is 72.6 Å². The molecule has 4 nitrogen and oxygen atoms in total. The lowest BCUT2D eigenvalue weighted by Crippen LogP contribution is -2.47. The highest BCUT2D eigenvalue weighted by Gasteiger charge is 2.33. The monoisotopic (exact) mass is 293 g/mol. The predicted octanol–water partition coefficient (Wildman–Crippen LogP) is 3.07. The molecule has 0 unspecified atom stereocenters. The van der Waals surface area contributed by atoms with E-state index in [1.165, 1.54) is 0 Å². The third kappa shape index (κ3) is 2.72. The Hall–Kier alpha value is -2.62. The number of hydrogen-bond acceptors (Lipinski definition) is 3. The number of benzene rings is 2. The molecule has 1 N–H and O–H groups in total. The minimum atomic E-state index is -0.0899. The third-order valence-electron chi connectivity index (χ3n) is 3.93. The summed E-state index contributed by atoms with van der Waals surface area (Å²) in [6.07, 6.45) is 0. The molecule has 0 saturated heterocycles. The topological polar surface area (TPSA) is 44.7 Å². The van der Waals surface area contributed by atoms with E-state index in [9.17, 15) is 4.79 Å². The summed E-state index contributed by atoms with van der Waals surface area (Å²) in [7, 11) is 0. The molecule has 1 heterocycles. The molecule has 0 bridgehead atoms. The van der Waals surface area contributed by atoms with Crippen molar-refractivity contribution < 1.29 is 4.79 Å². The Bertz CT molecular complexity index is 682. The van der Waals surface area contributed by atoms with Crippen molar-refractivity contribution in [2.45, 2.75) is 25.9 Å². The van der Waals surface area contributed by atoms with Crippen LogP contribution in [0.25, 0.3) is 0 Å². The van der Waals surface area contributed by atoms with Crippen LogP contribution in [0.1, 0.15) is 24.2 Å². The maximum absolute atomic E-state index is 12.4. The van der Waals surface area contributed by atoms with Crippen molar-refractivity contribution in [3.05, 3.63) is 66.2 Å². The van der Waals surface area contributed by atoms with Gasteiger partial charge in [-0.2, -0.15) is 5.10 Å². The molecule has 0 fully saturated rings. The first-order chi connectivity index (χ1) is 10.7. The lowest BCUT2D eigenvalue weighted by atomic mass is 10.1. The summed E-state index contributed by atoms with van der Waals surface area (Å²) in [5.74, 6) is -0.0677. The van der Waals surface area contributed by atoms with Gasteiger partial charge >= 0.3 is 0 Å². The molecule has 2 aromatic carbocycles. The van der Waals surface area contributed by atoms with Crippen LogP contribution >= 0.6 is 0 Å². The maximum atomic E-state index is 12.4. The molecule has 0 aromatic heterocycles. The highest BCUT2D eigenvalue weighted by atomic mass is 16.1. The standard InChI is InChI=1S/C18H19N3O/c1-13-17(19-18(22)15-9-5-3-6-10-15)14(2)21(20-13)16-11-7-4-8-12-16/h3-12,14,17H,1-2H3,(H,19,22)/t14-,17-/m0/s1. The Morgan fingerprint density at radius 1 is 1.05 bits per heavy atom. The van der Waals surface area contributed by atoms with Crippen LogP contribution < -0.4 is 10.3 Å². The van der Waals surface area contributed by atoms with Crippen molar-refractivity contribution in [2.75, 3.05) is 5.01 Å². The summed E-state index contributed by atoms with van der Waals surface area (Å²) in [6, 6.07) is 19.3. The second-order valence-electron chi connectivity index (χ2n) is 5.48. The lowest BCUT2D eigenvalue weighted by molar-refractivity contribution is 0.0944. The van der Waals surface area contributed by atoms with E-state index >= 15 is 0 Å². The van der Waals surface area contributed by atoms with Gasteiger partial charge in [-0.3, -0.25) is 9.80 Å². The molecular formula is C18H19N3O. The van der Waals surface area contributed by atoms with Crippen molar-refractivity contribution >= 4 is 17.3 Å². The highest BCUT2D eigenvalue weighted by molar-refractivity contribution is 6.00. The van der Waals surface area contributed by atoms with Gasteiger partial charge in [0.1, 0.15) is 0 Å². The van der Waals surface area contributed by atoms with Gasteiger partial charge in [0.25, 0.3) is 5.91 Å². The zero-order valence-electron chi connectivity index (χ0n) is 12.7. The van der Waals surface area contributed by atoms with E-state index in [2.05, 4.69) is 17.3 Å². The SMILES string of the molecule is CC1=NN(c2ccccc2)[C@@H](C)[C@H]1NC(=O)c1ccccc1. The van der Waals surface area contributed by atoms with Crippen LogP contribution in [0.4, 0.5) is 5.69 Å². The van der Waals surface area contributed by atoms with Gasteiger partial charge in [0.05, 0.1) is 23.5 Å². The van der Waals surface area contributed by atoms with Gasteiger partial charge in [0.2, 0.25) is 0 Å². The predicted molar refractivity (Wildman–Crippen MR) is 89.2 cm³/mol. The number of nitrogens with zero attached hydrogens (tertiary/aromatic N) is 2. The number of para-hydroxylation sites is 1. The molecule has 0 aliphatic carbocycles. The zero-order chi connectivity index (χ0) is 15.5. The van der Waals surface area contributed by atoms with Gasteiger partial charge in [-0.15, -0.1) is 0 Å². The Morgan fingerprint density at radius 3 is 2.27 bits per heavy atom. The Balaban J connectivity index is 1.76. The molecule has 1 aliphatic rings. The molecule has 0 radical (unpaired) electrons. The summed E-state index contributed by atoms with van der Waals surface area (Å²) in [4.78, 5) is 12.4. The van der Waals surface area contributed by atoms with Crippen molar-refractivity contribution in [1.82, 2.24) is 5.32 Å². The van der Waals surface area contributed by atoms with Crippen molar-refractivity contribution in [3.63, 3.8) is 0 Å². The van der Waals surface area contributed by atoms with E-state index in [4.69, 9.17) is 0 Å². The number of rotatable bonds is 3. The van der Waals surface area contributed by atoms with Crippen LogP contribution in [0.2, 0.25) is 0 Å². The van der Waals surface area contributed by atoms with E-state index in [0.29, 0.717) is 5.56 Å². The minimum Gasteiger partial charge on any atom is -0.342 e. The van der Waals surface area contributed by atoms with Gasteiger partial charge < -0.3 is 5.32 Å². The Labute approximate surface area is 130 Å². The molecule has 2 aromatic rings. The average molecular weight is 293 g/mol. The van der Waals surface area contributed by atoms with Gasteiger partial charge in [0, 0.05) is 5.56 Å². The maximum Gasteiger partial charge on any atom is 0.251 e. The van der Waals surface area contributed by atoms with Crippen LogP contribution in [-0.2, 0) is 0 Å². The smallest absolute Gasteiger partial charge is 0.251 e. The van der Waals surface area contributed by atoms with Gasteiger partial charge in [0.15, 0.2) is 0 Å². The van der Waals surface area contributed by atoms with E-state index < -0.39 is 0 Å². The number of carbonyl (C=O) groups is 1. The minimum absolute atomic E-state index is 0.0677. The second kappa shape index (κ2) is 6.02. The van der Waals surface area contributed by atoms with E-state index in [1.54, 1.807) is 0 Å². The molecule has 3 rings (SSSR count). The first-order valence-corrected chi connectivity index (χ1v) is 7.42. The van der Waals surface area contributed by atoms with Crippen molar-refractivity contribution in [3.8, 4) is 0 Å². The third-order valence-corrected chi connectivity index (χ3v) is 3.93. The molecule has 1 amide bonds. The molecule has 2 atom stereocenters. The van der Waals surface area contributed by atoms with Crippen LogP contribution in [-0.4, -0.2) is 23.7 Å². The first-order valence-electron chi connectivity index (χ1n) is 7.42. The molecular weight excluding hydrogens is 274 g/mol. The largest absolute Gasteiger partial charge is 0.342 e. The quantitative estimate of drug-likeness (QED) is 0.945. The van der Waals surface area contributed by atoms with Crippen LogP contribution in [0.5, 0.6) is 0 Å². The highest BCUT2D eigenvalue weighted by Crippen LogP contribution is 2.24. The average Bonchev–Trinajstić information content (AvgIpc) is 2.84. The lowest BCUT2D eigenvalue weighted by Gasteiger charge is -2.25. The van der Waals surface area contributed by atoms with Crippen molar-refractivity contribution in [2.24, 2.45) is 5.10 Å². The second-order valence-corrected chi connectivity index (χ2v) is 5.48. The molecule has 22 heavy (non-hydrogen) atoms. The number of hydrazone groups is 1. The first kappa shape index (κ1) is 14.3. The Kier molecular flexibility index (Phi) is 3.92. The van der Waals surface area contributed by atoms with E-state index in [0.717, 1.165) is 11.4 Å². The molecule has 0 saturated carbocycles. The fourth-order valence-electron chi connectivity index (χ4n) is 2.73. The molecule has 0 spiro atoms. The summed E-state index contributed by atoms with van der Waals surface area (Å²) in [6.45, 7) is 4.03. The number of anilines is 1. The molecule has 112 valence electrons. The van der Waals surface area contributed by atoms with Gasteiger partial charge in [-0.25, -0.2) is 0 Å². The summed E-state index contributed by atoms with van der Waals surface area (Å²) in [5, 5.41) is 9.65. The number of hydrogen-bond donors (Lipinski definition) is 1. The fourth-order valence-corrected chi connectivity index (χ4v) is 2.73. The number of amides is 1.